The van der Waals surface area contributed by atoms with Gasteiger partial charge in [0, 0.05) is 25.3 Å². The van der Waals surface area contributed by atoms with Crippen molar-refractivity contribution in [3.63, 3.8) is 0 Å². The molecule has 18 heavy (non-hydrogen) atoms. The van der Waals surface area contributed by atoms with Gasteiger partial charge in [-0.3, -0.25) is 0 Å². The van der Waals surface area contributed by atoms with E-state index < -0.39 is 20.9 Å². The summed E-state index contributed by atoms with van der Waals surface area (Å²) in [5.74, 6) is -0.821. The summed E-state index contributed by atoms with van der Waals surface area (Å²) in [5.41, 5.74) is 5.59. The number of aromatic nitrogens is 1. The number of nitrogens with zero attached hydrogens (tertiary/aromatic N) is 2. The fraction of sp³-hybridized carbons (Fsp3) is 0.545. The van der Waals surface area contributed by atoms with Crippen LogP contribution in [0.1, 0.15) is 19.3 Å². The van der Waals surface area contributed by atoms with Gasteiger partial charge in [-0.15, -0.1) is 0 Å². The second-order valence-electron chi connectivity index (χ2n) is 4.29. The predicted molar refractivity (Wildman–Crippen MR) is 64.8 cm³/mol. The van der Waals surface area contributed by atoms with E-state index in [4.69, 9.17) is 5.73 Å². The number of piperidine rings is 1. The van der Waals surface area contributed by atoms with E-state index in [2.05, 4.69) is 4.98 Å². The van der Waals surface area contributed by atoms with E-state index in [-0.39, 0.29) is 12.6 Å². The Kier molecular flexibility index (Phi) is 3.94. The zero-order valence-electron chi connectivity index (χ0n) is 9.92. The Hall–Kier alpha value is -1.05. The first-order chi connectivity index (χ1) is 8.57. The third kappa shape index (κ3) is 2.38. The molecule has 0 amide bonds. The predicted octanol–water partition coefficient (Wildman–Crippen LogP) is 0.723. The van der Waals surface area contributed by atoms with Crippen molar-refractivity contribution in [2.45, 2.75) is 30.3 Å². The summed E-state index contributed by atoms with van der Waals surface area (Å²) in [6.45, 7) is 0.619. The minimum Gasteiger partial charge on any atom is -0.329 e. The maximum Gasteiger partial charge on any atom is 0.263 e. The summed E-state index contributed by atoms with van der Waals surface area (Å²) < 4.78 is 39.5. The molecule has 0 aromatic carbocycles. The Morgan fingerprint density at radius 3 is 2.94 bits per heavy atom. The van der Waals surface area contributed by atoms with Crippen LogP contribution in [0.15, 0.2) is 23.4 Å². The lowest BCUT2D eigenvalue weighted by molar-refractivity contribution is 0.256. The van der Waals surface area contributed by atoms with Gasteiger partial charge in [0.2, 0.25) is 5.03 Å². The molecule has 1 fully saturated rings. The smallest absolute Gasteiger partial charge is 0.263 e. The highest BCUT2D eigenvalue weighted by Gasteiger charge is 2.35. The van der Waals surface area contributed by atoms with Crippen LogP contribution in [0.25, 0.3) is 0 Å². The number of sulfonamides is 1. The maximum absolute atomic E-state index is 13.6. The van der Waals surface area contributed by atoms with Gasteiger partial charge in [0.25, 0.3) is 10.0 Å². The standard InChI is InChI=1S/C11H16FN3O2S/c12-10-5-3-6-14-11(10)18(16,17)15-7-2-1-4-9(15)8-13/h3,5-6,9H,1-2,4,7-8,13H2. The highest BCUT2D eigenvalue weighted by molar-refractivity contribution is 7.89. The van der Waals surface area contributed by atoms with Gasteiger partial charge < -0.3 is 5.73 Å². The molecule has 0 saturated carbocycles. The monoisotopic (exact) mass is 273 g/mol. The van der Waals surface area contributed by atoms with Crippen LogP contribution in [0.5, 0.6) is 0 Å². The van der Waals surface area contributed by atoms with Gasteiger partial charge in [-0.25, -0.2) is 17.8 Å². The Balaban J connectivity index is 2.39. The van der Waals surface area contributed by atoms with Crippen molar-refractivity contribution in [1.82, 2.24) is 9.29 Å². The summed E-state index contributed by atoms with van der Waals surface area (Å²) in [4.78, 5) is 3.65. The van der Waals surface area contributed by atoms with Crippen molar-refractivity contribution in [3.8, 4) is 0 Å². The summed E-state index contributed by atoms with van der Waals surface area (Å²) in [6.07, 6.45) is 3.70. The molecule has 0 spiro atoms. The van der Waals surface area contributed by atoms with Crippen LogP contribution in [0.3, 0.4) is 0 Å². The molecule has 1 aliphatic rings. The molecule has 2 heterocycles. The third-order valence-corrected chi connectivity index (χ3v) is 5.01. The van der Waals surface area contributed by atoms with E-state index in [1.165, 1.54) is 16.6 Å². The molecule has 1 unspecified atom stereocenters. The van der Waals surface area contributed by atoms with Crippen molar-refractivity contribution < 1.29 is 12.8 Å². The minimum absolute atomic E-state index is 0.244. The van der Waals surface area contributed by atoms with Crippen molar-refractivity contribution in [1.29, 1.82) is 0 Å². The summed E-state index contributed by atoms with van der Waals surface area (Å²) in [6, 6.07) is 2.21. The minimum atomic E-state index is -3.89. The Morgan fingerprint density at radius 1 is 1.50 bits per heavy atom. The third-order valence-electron chi connectivity index (χ3n) is 3.12. The maximum atomic E-state index is 13.6. The summed E-state index contributed by atoms with van der Waals surface area (Å²) >= 11 is 0. The van der Waals surface area contributed by atoms with Gasteiger partial charge in [-0.2, -0.15) is 4.31 Å². The molecule has 2 N–H and O–H groups in total. The van der Waals surface area contributed by atoms with Crippen LogP contribution >= 0.6 is 0 Å². The van der Waals surface area contributed by atoms with Crippen molar-refractivity contribution >= 4 is 10.0 Å². The van der Waals surface area contributed by atoms with E-state index >= 15 is 0 Å². The van der Waals surface area contributed by atoms with Crippen LogP contribution < -0.4 is 5.73 Å². The van der Waals surface area contributed by atoms with Gasteiger partial charge in [0.15, 0.2) is 5.82 Å². The van der Waals surface area contributed by atoms with E-state index in [0.717, 1.165) is 18.9 Å². The van der Waals surface area contributed by atoms with Gasteiger partial charge in [0.1, 0.15) is 0 Å². The fourth-order valence-electron chi connectivity index (χ4n) is 2.20. The average molecular weight is 273 g/mol. The summed E-state index contributed by atoms with van der Waals surface area (Å²) in [5, 5.41) is -0.509. The normalized spacial score (nSPS) is 22.0. The topological polar surface area (TPSA) is 76.3 Å². The fourth-order valence-corrected chi connectivity index (χ4v) is 3.88. The van der Waals surface area contributed by atoms with Crippen molar-refractivity contribution in [2.75, 3.05) is 13.1 Å². The second kappa shape index (κ2) is 5.29. The number of hydrogen-bond acceptors (Lipinski definition) is 4. The second-order valence-corrected chi connectivity index (χ2v) is 6.10. The highest BCUT2D eigenvalue weighted by atomic mass is 32.2. The van der Waals surface area contributed by atoms with E-state index in [1.54, 1.807) is 0 Å². The molecule has 0 radical (unpaired) electrons. The molecule has 0 bridgehead atoms. The van der Waals surface area contributed by atoms with Crippen LogP contribution in [-0.4, -0.2) is 36.8 Å². The van der Waals surface area contributed by atoms with Crippen LogP contribution in [0.4, 0.5) is 4.39 Å². The first-order valence-electron chi connectivity index (χ1n) is 5.90. The Bertz CT molecular complexity index is 521. The molecule has 1 aliphatic heterocycles. The number of nitrogens with two attached hydrogens (primary N) is 1. The largest absolute Gasteiger partial charge is 0.329 e. The van der Waals surface area contributed by atoms with Crippen molar-refractivity contribution in [2.24, 2.45) is 5.73 Å². The molecular formula is C11H16FN3O2S. The molecule has 7 heteroatoms. The van der Waals surface area contributed by atoms with Crippen molar-refractivity contribution in [3.05, 3.63) is 24.1 Å². The van der Waals surface area contributed by atoms with Crippen LogP contribution in [0.2, 0.25) is 0 Å². The van der Waals surface area contributed by atoms with Crippen LogP contribution in [-0.2, 0) is 10.0 Å². The SMILES string of the molecule is NCC1CCCCN1S(=O)(=O)c1ncccc1F. The first kappa shape index (κ1) is 13.4. The average Bonchev–Trinajstić information content (AvgIpc) is 2.39. The molecule has 5 nitrogen and oxygen atoms in total. The van der Waals surface area contributed by atoms with E-state index in [0.29, 0.717) is 13.0 Å². The molecule has 0 aliphatic carbocycles. The zero-order chi connectivity index (χ0) is 13.2. The number of hydrogen-bond donors (Lipinski definition) is 1. The lowest BCUT2D eigenvalue weighted by atomic mass is 10.1. The lowest BCUT2D eigenvalue weighted by Crippen LogP contribution is -2.47. The number of halogens is 1. The summed E-state index contributed by atoms with van der Waals surface area (Å²) in [7, 11) is -3.89. The highest BCUT2D eigenvalue weighted by Crippen LogP contribution is 2.24. The lowest BCUT2D eigenvalue weighted by Gasteiger charge is -2.33. The van der Waals surface area contributed by atoms with Gasteiger partial charge in [-0.05, 0) is 25.0 Å². The molecule has 100 valence electrons. The van der Waals surface area contributed by atoms with Crippen LogP contribution in [0, 0.1) is 5.82 Å². The van der Waals surface area contributed by atoms with Gasteiger partial charge in [0.05, 0.1) is 0 Å². The molecule has 1 aromatic rings. The van der Waals surface area contributed by atoms with E-state index in [1.807, 2.05) is 0 Å². The van der Waals surface area contributed by atoms with E-state index in [9.17, 15) is 12.8 Å². The quantitative estimate of drug-likeness (QED) is 0.880. The molecule has 1 atom stereocenters. The zero-order valence-corrected chi connectivity index (χ0v) is 10.7. The Labute approximate surface area is 106 Å². The number of rotatable bonds is 3. The first-order valence-corrected chi connectivity index (χ1v) is 7.34. The van der Waals surface area contributed by atoms with Gasteiger partial charge >= 0.3 is 0 Å². The molecule has 2 rings (SSSR count). The molecule has 1 aromatic heterocycles. The number of pyridine rings is 1. The van der Waals surface area contributed by atoms with Gasteiger partial charge in [-0.1, -0.05) is 6.42 Å². The Morgan fingerprint density at radius 2 is 2.28 bits per heavy atom. The molecule has 1 saturated heterocycles. The molecular weight excluding hydrogens is 257 g/mol.